The number of piperazine rings is 1. The molecule has 0 spiro atoms. The van der Waals surface area contributed by atoms with E-state index in [1.165, 1.54) is 43.9 Å². The van der Waals surface area contributed by atoms with E-state index in [-0.39, 0.29) is 0 Å². The fourth-order valence-corrected chi connectivity index (χ4v) is 2.72. The van der Waals surface area contributed by atoms with Gasteiger partial charge in [-0.15, -0.1) is 0 Å². The van der Waals surface area contributed by atoms with Crippen molar-refractivity contribution in [3.05, 3.63) is 35.4 Å². The fourth-order valence-electron chi connectivity index (χ4n) is 2.72. The number of hydrogen-bond acceptors (Lipinski definition) is 3. The molecule has 1 heterocycles. The van der Waals surface area contributed by atoms with Crippen molar-refractivity contribution in [2.24, 2.45) is 0 Å². The molecule has 1 aliphatic heterocycles. The molecule has 0 bridgehead atoms. The largest absolute Gasteiger partial charge is 0.319 e. The summed E-state index contributed by atoms with van der Waals surface area (Å²) in [5, 5.41) is 3.24. The highest BCUT2D eigenvalue weighted by Crippen LogP contribution is 2.14. The topological polar surface area (TPSA) is 18.5 Å². The highest BCUT2D eigenvalue weighted by molar-refractivity contribution is 5.27. The second-order valence-electron chi connectivity index (χ2n) is 5.33. The number of likely N-dealkylation sites (N-methyl/N-ethyl adjacent to an activating group) is 2. The zero-order chi connectivity index (χ0) is 13.5. The molecule has 19 heavy (non-hydrogen) atoms. The van der Waals surface area contributed by atoms with Crippen LogP contribution in [0.5, 0.6) is 0 Å². The Labute approximate surface area is 117 Å². The van der Waals surface area contributed by atoms with Crippen LogP contribution in [0.1, 0.15) is 18.1 Å². The van der Waals surface area contributed by atoms with Crippen LogP contribution in [0.3, 0.4) is 0 Å². The van der Waals surface area contributed by atoms with Gasteiger partial charge in [-0.05, 0) is 37.7 Å². The maximum atomic E-state index is 3.24. The van der Waals surface area contributed by atoms with Gasteiger partial charge in [0.1, 0.15) is 0 Å². The molecule has 3 heteroatoms. The van der Waals surface area contributed by atoms with Gasteiger partial charge in [0.05, 0.1) is 0 Å². The van der Waals surface area contributed by atoms with Gasteiger partial charge in [-0.1, -0.05) is 31.2 Å². The summed E-state index contributed by atoms with van der Waals surface area (Å²) in [6.07, 6.45) is 1.13. The van der Waals surface area contributed by atoms with Crippen molar-refractivity contribution in [3.8, 4) is 0 Å². The zero-order valence-corrected chi connectivity index (χ0v) is 12.4. The third-order valence-electron chi connectivity index (χ3n) is 4.07. The summed E-state index contributed by atoms with van der Waals surface area (Å²) < 4.78 is 0. The number of rotatable bonds is 6. The maximum Gasteiger partial charge on any atom is 0.0237 e. The van der Waals surface area contributed by atoms with Crippen molar-refractivity contribution < 1.29 is 0 Å². The fraction of sp³-hybridized carbons (Fsp3) is 0.625. The van der Waals surface area contributed by atoms with Crippen molar-refractivity contribution in [3.63, 3.8) is 0 Å². The predicted molar refractivity (Wildman–Crippen MR) is 81.5 cm³/mol. The van der Waals surface area contributed by atoms with Gasteiger partial charge < -0.3 is 10.2 Å². The molecular formula is C16H27N3. The molecule has 1 saturated heterocycles. The lowest BCUT2D eigenvalue weighted by atomic mass is 10.0. The Hall–Kier alpha value is -0.900. The first-order valence-electron chi connectivity index (χ1n) is 7.49. The van der Waals surface area contributed by atoms with Crippen molar-refractivity contribution in [1.82, 2.24) is 15.1 Å². The molecule has 0 saturated carbocycles. The molecular weight excluding hydrogens is 234 g/mol. The Morgan fingerprint density at radius 2 is 1.63 bits per heavy atom. The van der Waals surface area contributed by atoms with Gasteiger partial charge in [0.25, 0.3) is 0 Å². The lowest BCUT2D eigenvalue weighted by Gasteiger charge is -2.34. The molecule has 106 valence electrons. The minimum absolute atomic E-state index is 1.06. The molecule has 0 radical (unpaired) electrons. The lowest BCUT2D eigenvalue weighted by molar-refractivity contribution is 0.131. The summed E-state index contributed by atoms with van der Waals surface area (Å²) >= 11 is 0. The first-order chi connectivity index (χ1) is 9.33. The van der Waals surface area contributed by atoms with Gasteiger partial charge in [0.15, 0.2) is 0 Å². The SMILES string of the molecule is CCN1CCN(Cc2ccccc2CCNC)CC1. The van der Waals surface area contributed by atoms with Crippen LogP contribution in [0.15, 0.2) is 24.3 Å². The van der Waals surface area contributed by atoms with Gasteiger partial charge in [-0.2, -0.15) is 0 Å². The molecule has 1 aromatic carbocycles. The van der Waals surface area contributed by atoms with Crippen molar-refractivity contribution in [1.29, 1.82) is 0 Å². The van der Waals surface area contributed by atoms with Crippen molar-refractivity contribution in [2.45, 2.75) is 19.9 Å². The van der Waals surface area contributed by atoms with Crippen LogP contribution >= 0.6 is 0 Å². The van der Waals surface area contributed by atoms with E-state index < -0.39 is 0 Å². The monoisotopic (exact) mass is 261 g/mol. The Kier molecular flexibility index (Phi) is 5.83. The van der Waals surface area contributed by atoms with E-state index in [1.807, 2.05) is 7.05 Å². The van der Waals surface area contributed by atoms with Crippen LogP contribution in [0, 0.1) is 0 Å². The van der Waals surface area contributed by atoms with Crippen LogP contribution < -0.4 is 5.32 Å². The van der Waals surface area contributed by atoms with Gasteiger partial charge in [0, 0.05) is 32.7 Å². The summed E-state index contributed by atoms with van der Waals surface area (Å²) in [6.45, 7) is 10.4. The molecule has 1 fully saturated rings. The van der Waals surface area contributed by atoms with Crippen LogP contribution in [0.2, 0.25) is 0 Å². The molecule has 0 aliphatic carbocycles. The van der Waals surface area contributed by atoms with Gasteiger partial charge >= 0.3 is 0 Å². The van der Waals surface area contributed by atoms with E-state index in [0.29, 0.717) is 0 Å². The lowest BCUT2D eigenvalue weighted by Crippen LogP contribution is -2.45. The standard InChI is InChI=1S/C16H27N3/c1-3-18-10-12-19(13-11-18)14-16-7-5-4-6-15(16)8-9-17-2/h4-7,17H,3,8-14H2,1-2H3. The number of hydrogen-bond donors (Lipinski definition) is 1. The highest BCUT2D eigenvalue weighted by atomic mass is 15.3. The van der Waals surface area contributed by atoms with E-state index in [0.717, 1.165) is 19.5 Å². The summed E-state index contributed by atoms with van der Waals surface area (Å²) in [5.74, 6) is 0. The summed E-state index contributed by atoms with van der Waals surface area (Å²) in [6, 6.07) is 8.89. The van der Waals surface area contributed by atoms with Crippen molar-refractivity contribution in [2.75, 3.05) is 46.3 Å². The first kappa shape index (κ1) is 14.5. The molecule has 1 N–H and O–H groups in total. The van der Waals surface area contributed by atoms with Crippen molar-refractivity contribution >= 4 is 0 Å². The van der Waals surface area contributed by atoms with E-state index in [4.69, 9.17) is 0 Å². The van der Waals surface area contributed by atoms with Gasteiger partial charge in [-0.25, -0.2) is 0 Å². The van der Waals surface area contributed by atoms with E-state index in [2.05, 4.69) is 46.3 Å². The quantitative estimate of drug-likeness (QED) is 0.839. The second-order valence-corrected chi connectivity index (χ2v) is 5.33. The second kappa shape index (κ2) is 7.63. The molecule has 0 aromatic heterocycles. The summed E-state index contributed by atoms with van der Waals surface area (Å²) in [7, 11) is 2.02. The van der Waals surface area contributed by atoms with Crippen LogP contribution in [0.25, 0.3) is 0 Å². The predicted octanol–water partition coefficient (Wildman–Crippen LogP) is 1.59. The Morgan fingerprint density at radius 1 is 1.00 bits per heavy atom. The van der Waals surface area contributed by atoms with Crippen LogP contribution in [-0.4, -0.2) is 56.1 Å². The smallest absolute Gasteiger partial charge is 0.0237 e. The molecule has 1 aliphatic rings. The number of nitrogens with one attached hydrogen (secondary N) is 1. The third-order valence-corrected chi connectivity index (χ3v) is 4.07. The van der Waals surface area contributed by atoms with E-state index in [9.17, 15) is 0 Å². The minimum atomic E-state index is 1.06. The minimum Gasteiger partial charge on any atom is -0.319 e. The number of nitrogens with zero attached hydrogens (tertiary/aromatic N) is 2. The highest BCUT2D eigenvalue weighted by Gasteiger charge is 2.16. The molecule has 1 aromatic rings. The molecule has 2 rings (SSSR count). The molecule has 0 unspecified atom stereocenters. The van der Waals surface area contributed by atoms with E-state index in [1.54, 1.807) is 0 Å². The first-order valence-corrected chi connectivity index (χ1v) is 7.49. The third kappa shape index (κ3) is 4.30. The molecule has 0 amide bonds. The van der Waals surface area contributed by atoms with Gasteiger partial charge in [0.2, 0.25) is 0 Å². The van der Waals surface area contributed by atoms with Crippen LogP contribution in [-0.2, 0) is 13.0 Å². The number of benzene rings is 1. The normalized spacial score (nSPS) is 17.8. The average molecular weight is 261 g/mol. The summed E-state index contributed by atoms with van der Waals surface area (Å²) in [5.41, 5.74) is 3.00. The Balaban J connectivity index is 1.91. The Bertz CT molecular complexity index is 370. The van der Waals surface area contributed by atoms with Crippen LogP contribution in [0.4, 0.5) is 0 Å². The average Bonchev–Trinajstić information content (AvgIpc) is 2.47. The molecule has 0 atom stereocenters. The summed E-state index contributed by atoms with van der Waals surface area (Å²) in [4.78, 5) is 5.12. The zero-order valence-electron chi connectivity index (χ0n) is 12.4. The van der Waals surface area contributed by atoms with E-state index >= 15 is 0 Å². The maximum absolute atomic E-state index is 3.24. The molecule has 3 nitrogen and oxygen atoms in total. The van der Waals surface area contributed by atoms with Gasteiger partial charge in [-0.3, -0.25) is 4.90 Å². The Morgan fingerprint density at radius 3 is 2.26 bits per heavy atom.